The van der Waals surface area contributed by atoms with Crippen molar-refractivity contribution in [3.63, 3.8) is 0 Å². The molecule has 3 heterocycles. The van der Waals surface area contributed by atoms with Crippen LogP contribution in [-0.2, 0) is 13.0 Å². The third-order valence-electron chi connectivity index (χ3n) is 4.01. The Labute approximate surface area is 159 Å². The summed E-state index contributed by atoms with van der Waals surface area (Å²) in [7, 11) is 0. The standard InChI is InChI=1S/C18H15ClN6O2/c1-2-14-21-18(27-24-14)13-7-4-8-25-15(22-23-16(13)25)10-20-17(26)11-5-3-6-12(19)9-11/h3-9H,2,10H2,1H3,(H,20,26). The number of amides is 1. The molecular formula is C18H15ClN6O2. The molecule has 0 aliphatic rings. The zero-order chi connectivity index (χ0) is 18.8. The van der Waals surface area contributed by atoms with Gasteiger partial charge in [0.1, 0.15) is 0 Å². The lowest BCUT2D eigenvalue weighted by molar-refractivity contribution is 0.0950. The molecular weight excluding hydrogens is 368 g/mol. The average Bonchev–Trinajstić information content (AvgIpc) is 3.33. The fourth-order valence-electron chi connectivity index (χ4n) is 2.65. The maximum Gasteiger partial charge on any atom is 0.261 e. The number of fused-ring (bicyclic) bond motifs is 1. The molecule has 0 aliphatic carbocycles. The second-order valence-electron chi connectivity index (χ2n) is 5.79. The van der Waals surface area contributed by atoms with Gasteiger partial charge in [-0.25, -0.2) is 0 Å². The summed E-state index contributed by atoms with van der Waals surface area (Å²) in [6.07, 6.45) is 2.50. The van der Waals surface area contributed by atoms with Crippen LogP contribution in [0.4, 0.5) is 0 Å². The molecule has 4 rings (SSSR count). The Hall–Kier alpha value is -3.26. The number of aryl methyl sites for hydroxylation is 1. The van der Waals surface area contributed by atoms with Gasteiger partial charge >= 0.3 is 0 Å². The number of hydrogen-bond acceptors (Lipinski definition) is 6. The number of halogens is 1. The lowest BCUT2D eigenvalue weighted by atomic mass is 10.2. The Morgan fingerprint density at radius 1 is 1.26 bits per heavy atom. The summed E-state index contributed by atoms with van der Waals surface area (Å²) in [5.74, 6) is 1.35. The summed E-state index contributed by atoms with van der Waals surface area (Å²) >= 11 is 5.93. The number of pyridine rings is 1. The zero-order valence-corrected chi connectivity index (χ0v) is 15.1. The third kappa shape index (κ3) is 3.39. The highest BCUT2D eigenvalue weighted by Gasteiger charge is 2.16. The minimum atomic E-state index is -0.241. The molecule has 0 saturated heterocycles. The van der Waals surface area contributed by atoms with Crippen LogP contribution in [0.5, 0.6) is 0 Å². The van der Waals surface area contributed by atoms with E-state index in [2.05, 4.69) is 25.7 Å². The van der Waals surface area contributed by atoms with E-state index >= 15 is 0 Å². The van der Waals surface area contributed by atoms with Crippen molar-refractivity contribution in [2.75, 3.05) is 0 Å². The van der Waals surface area contributed by atoms with Gasteiger partial charge in [-0.3, -0.25) is 9.20 Å². The highest BCUT2D eigenvalue weighted by atomic mass is 35.5. The van der Waals surface area contributed by atoms with Crippen LogP contribution in [0.2, 0.25) is 5.02 Å². The number of aromatic nitrogens is 5. The van der Waals surface area contributed by atoms with Gasteiger partial charge < -0.3 is 9.84 Å². The Balaban J connectivity index is 1.58. The van der Waals surface area contributed by atoms with Gasteiger partial charge in [-0.1, -0.05) is 29.7 Å². The lowest BCUT2D eigenvalue weighted by Crippen LogP contribution is -2.23. The Morgan fingerprint density at radius 3 is 2.93 bits per heavy atom. The van der Waals surface area contributed by atoms with E-state index in [9.17, 15) is 4.79 Å². The van der Waals surface area contributed by atoms with Gasteiger partial charge in [-0.05, 0) is 30.3 Å². The van der Waals surface area contributed by atoms with Gasteiger partial charge in [0.15, 0.2) is 17.3 Å². The molecule has 1 amide bonds. The van der Waals surface area contributed by atoms with E-state index in [1.807, 2.05) is 25.3 Å². The fourth-order valence-corrected chi connectivity index (χ4v) is 2.84. The maximum atomic E-state index is 12.3. The smallest absolute Gasteiger partial charge is 0.261 e. The van der Waals surface area contributed by atoms with E-state index in [0.717, 1.165) is 0 Å². The van der Waals surface area contributed by atoms with Crippen LogP contribution in [-0.4, -0.2) is 30.6 Å². The van der Waals surface area contributed by atoms with Gasteiger partial charge in [0.2, 0.25) is 0 Å². The molecule has 4 aromatic rings. The molecule has 1 N–H and O–H groups in total. The molecule has 27 heavy (non-hydrogen) atoms. The third-order valence-corrected chi connectivity index (χ3v) is 4.25. The van der Waals surface area contributed by atoms with Crippen molar-refractivity contribution in [2.45, 2.75) is 19.9 Å². The number of rotatable bonds is 5. The summed E-state index contributed by atoms with van der Waals surface area (Å²) in [5.41, 5.74) is 1.75. The van der Waals surface area contributed by atoms with Crippen LogP contribution in [0, 0.1) is 0 Å². The molecule has 0 atom stereocenters. The molecule has 0 radical (unpaired) electrons. The van der Waals surface area contributed by atoms with Gasteiger partial charge in [0, 0.05) is 23.2 Å². The van der Waals surface area contributed by atoms with E-state index in [1.54, 1.807) is 28.7 Å². The highest BCUT2D eigenvalue weighted by molar-refractivity contribution is 6.30. The summed E-state index contributed by atoms with van der Waals surface area (Å²) < 4.78 is 7.08. The number of carbonyl (C=O) groups is 1. The Bertz CT molecular complexity index is 1120. The molecule has 8 nitrogen and oxygen atoms in total. The van der Waals surface area contributed by atoms with E-state index < -0.39 is 0 Å². The van der Waals surface area contributed by atoms with Crippen LogP contribution < -0.4 is 5.32 Å². The molecule has 0 fully saturated rings. The van der Waals surface area contributed by atoms with Crippen molar-refractivity contribution in [2.24, 2.45) is 0 Å². The Kier molecular flexibility index (Phi) is 4.55. The summed E-state index contributed by atoms with van der Waals surface area (Å²) in [6, 6.07) is 10.4. The molecule has 0 spiro atoms. The molecule has 0 bridgehead atoms. The van der Waals surface area contributed by atoms with E-state index in [0.29, 0.717) is 45.8 Å². The monoisotopic (exact) mass is 382 g/mol. The quantitative estimate of drug-likeness (QED) is 0.569. The van der Waals surface area contributed by atoms with Gasteiger partial charge in [-0.15, -0.1) is 10.2 Å². The zero-order valence-electron chi connectivity index (χ0n) is 14.4. The number of carbonyl (C=O) groups excluding carboxylic acids is 1. The number of nitrogens with one attached hydrogen (secondary N) is 1. The van der Waals surface area contributed by atoms with Crippen molar-refractivity contribution in [1.29, 1.82) is 0 Å². The normalized spacial score (nSPS) is 11.0. The minimum absolute atomic E-state index is 0.208. The van der Waals surface area contributed by atoms with Gasteiger partial charge in [-0.2, -0.15) is 4.98 Å². The second-order valence-corrected chi connectivity index (χ2v) is 6.23. The first-order valence-corrected chi connectivity index (χ1v) is 8.73. The predicted molar refractivity (Wildman–Crippen MR) is 98.3 cm³/mol. The lowest BCUT2D eigenvalue weighted by Gasteiger charge is -2.05. The SMILES string of the molecule is CCc1noc(-c2cccn3c(CNC(=O)c4cccc(Cl)c4)nnc23)n1. The molecule has 136 valence electrons. The molecule has 1 aromatic carbocycles. The first kappa shape index (κ1) is 17.2. The van der Waals surface area contributed by atoms with E-state index in [1.165, 1.54) is 0 Å². The van der Waals surface area contributed by atoms with E-state index in [4.69, 9.17) is 16.1 Å². The summed E-state index contributed by atoms with van der Waals surface area (Å²) in [6.45, 7) is 2.16. The molecule has 0 aliphatic heterocycles. The molecule has 3 aromatic heterocycles. The van der Waals surface area contributed by atoms with Crippen LogP contribution >= 0.6 is 11.6 Å². The van der Waals surface area contributed by atoms with Crippen molar-refractivity contribution >= 4 is 23.2 Å². The van der Waals surface area contributed by atoms with Gasteiger partial charge in [0.25, 0.3) is 11.8 Å². The van der Waals surface area contributed by atoms with Crippen molar-refractivity contribution in [1.82, 2.24) is 30.1 Å². The number of hydrogen-bond donors (Lipinski definition) is 1. The van der Waals surface area contributed by atoms with Gasteiger partial charge in [0.05, 0.1) is 12.1 Å². The summed E-state index contributed by atoms with van der Waals surface area (Å²) in [5, 5.41) is 15.6. The van der Waals surface area contributed by atoms with Crippen molar-refractivity contribution in [3.8, 4) is 11.5 Å². The van der Waals surface area contributed by atoms with Crippen LogP contribution in [0.25, 0.3) is 17.1 Å². The minimum Gasteiger partial charge on any atom is -0.345 e. The Morgan fingerprint density at radius 2 is 2.15 bits per heavy atom. The first-order chi connectivity index (χ1) is 13.2. The fraction of sp³-hybridized carbons (Fsp3) is 0.167. The highest BCUT2D eigenvalue weighted by Crippen LogP contribution is 2.22. The largest absolute Gasteiger partial charge is 0.345 e. The second kappa shape index (κ2) is 7.16. The predicted octanol–water partition coefficient (Wildman–Crippen LogP) is 2.93. The van der Waals surface area contributed by atoms with Crippen molar-refractivity contribution < 1.29 is 9.32 Å². The maximum absolute atomic E-state index is 12.3. The van der Waals surface area contributed by atoms with Crippen LogP contribution in [0.15, 0.2) is 47.1 Å². The molecule has 9 heteroatoms. The first-order valence-electron chi connectivity index (χ1n) is 8.35. The van der Waals surface area contributed by atoms with Crippen LogP contribution in [0.1, 0.15) is 28.9 Å². The average molecular weight is 383 g/mol. The van der Waals surface area contributed by atoms with Crippen LogP contribution in [0.3, 0.4) is 0 Å². The number of benzene rings is 1. The summed E-state index contributed by atoms with van der Waals surface area (Å²) in [4.78, 5) is 16.6. The molecule has 0 unspecified atom stereocenters. The number of nitrogens with zero attached hydrogens (tertiary/aromatic N) is 5. The molecule has 0 saturated carbocycles. The van der Waals surface area contributed by atoms with E-state index in [-0.39, 0.29) is 12.5 Å². The topological polar surface area (TPSA) is 98.2 Å². The van der Waals surface area contributed by atoms with Crippen molar-refractivity contribution in [3.05, 3.63) is 64.8 Å².